The zero-order valence-corrected chi connectivity index (χ0v) is 9.73. The van der Waals surface area contributed by atoms with Crippen LogP contribution in [0, 0.1) is 0 Å². The minimum absolute atomic E-state index is 0.0290. The third kappa shape index (κ3) is 2.04. The normalized spacial score (nSPS) is 35.4. The summed E-state index contributed by atoms with van der Waals surface area (Å²) >= 11 is 0. The van der Waals surface area contributed by atoms with Crippen LogP contribution < -0.4 is 5.32 Å². The molecule has 1 saturated carbocycles. The zero-order valence-electron chi connectivity index (χ0n) is 9.73. The van der Waals surface area contributed by atoms with Crippen LogP contribution in [-0.4, -0.2) is 48.6 Å². The third-order valence-corrected chi connectivity index (χ3v) is 3.48. The third-order valence-electron chi connectivity index (χ3n) is 3.48. The Hall–Kier alpha value is -1.10. The molecule has 16 heavy (non-hydrogen) atoms. The first-order valence-electron chi connectivity index (χ1n) is 5.74. The topological polar surface area (TPSA) is 58.6 Å². The van der Waals surface area contributed by atoms with E-state index in [1.807, 2.05) is 0 Å². The molecule has 0 aromatic carbocycles. The maximum atomic E-state index is 11.9. The van der Waals surface area contributed by atoms with Gasteiger partial charge in [0.25, 0.3) is 0 Å². The molecule has 0 aromatic rings. The number of amides is 2. The molecular formula is C11H18N2O3. The van der Waals surface area contributed by atoms with Crippen LogP contribution in [0.2, 0.25) is 0 Å². The Labute approximate surface area is 95.1 Å². The van der Waals surface area contributed by atoms with Crippen LogP contribution in [0.5, 0.6) is 0 Å². The Morgan fingerprint density at radius 1 is 1.38 bits per heavy atom. The fraction of sp³-hybridized carbons (Fsp3) is 0.818. The van der Waals surface area contributed by atoms with Gasteiger partial charge in [-0.05, 0) is 26.2 Å². The molecule has 1 heterocycles. The van der Waals surface area contributed by atoms with E-state index < -0.39 is 0 Å². The molecule has 3 atom stereocenters. The predicted molar refractivity (Wildman–Crippen MR) is 57.8 cm³/mol. The van der Waals surface area contributed by atoms with Crippen LogP contribution in [0.1, 0.15) is 26.2 Å². The fourth-order valence-corrected chi connectivity index (χ4v) is 2.55. The molecule has 90 valence electrons. The summed E-state index contributed by atoms with van der Waals surface area (Å²) in [7, 11) is 1.69. The molecule has 5 heteroatoms. The number of piperazine rings is 1. The molecule has 0 aromatic heterocycles. The van der Waals surface area contributed by atoms with Crippen molar-refractivity contribution in [1.82, 2.24) is 10.2 Å². The first-order valence-corrected chi connectivity index (χ1v) is 5.74. The molecule has 3 unspecified atom stereocenters. The molecule has 1 aliphatic heterocycles. The van der Waals surface area contributed by atoms with Crippen LogP contribution in [0.25, 0.3) is 0 Å². The molecule has 0 radical (unpaired) electrons. The van der Waals surface area contributed by atoms with Gasteiger partial charge < -0.3 is 15.0 Å². The van der Waals surface area contributed by atoms with Crippen molar-refractivity contribution in [1.29, 1.82) is 0 Å². The molecule has 0 bridgehead atoms. The molecule has 2 amide bonds. The van der Waals surface area contributed by atoms with Gasteiger partial charge >= 0.3 is 0 Å². The number of hydrogen-bond acceptors (Lipinski definition) is 3. The van der Waals surface area contributed by atoms with Gasteiger partial charge in [-0.2, -0.15) is 0 Å². The Kier molecular flexibility index (Phi) is 3.14. The van der Waals surface area contributed by atoms with Gasteiger partial charge in [-0.3, -0.25) is 9.59 Å². The van der Waals surface area contributed by atoms with E-state index in [1.54, 1.807) is 18.9 Å². The number of nitrogens with one attached hydrogen (secondary N) is 1. The lowest BCUT2D eigenvalue weighted by Crippen LogP contribution is -2.59. The first-order chi connectivity index (χ1) is 7.61. The van der Waals surface area contributed by atoms with Crippen molar-refractivity contribution >= 4 is 11.8 Å². The second kappa shape index (κ2) is 4.41. The molecule has 1 N–H and O–H groups in total. The highest BCUT2D eigenvalue weighted by molar-refractivity contribution is 5.94. The van der Waals surface area contributed by atoms with Gasteiger partial charge in [-0.15, -0.1) is 0 Å². The van der Waals surface area contributed by atoms with Crippen molar-refractivity contribution in [2.75, 3.05) is 13.7 Å². The summed E-state index contributed by atoms with van der Waals surface area (Å²) in [5.74, 6) is -0.0330. The summed E-state index contributed by atoms with van der Waals surface area (Å²) in [6.07, 6.45) is 2.99. The average Bonchev–Trinajstić information content (AvgIpc) is 2.71. The molecule has 1 aliphatic carbocycles. The van der Waals surface area contributed by atoms with Gasteiger partial charge in [0, 0.05) is 13.2 Å². The summed E-state index contributed by atoms with van der Waals surface area (Å²) in [4.78, 5) is 25.0. The second-order valence-electron chi connectivity index (χ2n) is 4.58. The smallest absolute Gasteiger partial charge is 0.245 e. The Morgan fingerprint density at radius 2 is 2.12 bits per heavy atom. The average molecular weight is 226 g/mol. The van der Waals surface area contributed by atoms with Gasteiger partial charge in [-0.25, -0.2) is 0 Å². The maximum absolute atomic E-state index is 11.9. The van der Waals surface area contributed by atoms with Crippen molar-refractivity contribution in [3.05, 3.63) is 0 Å². The quantitative estimate of drug-likeness (QED) is 0.715. The number of carbonyl (C=O) groups excluding carboxylic acids is 2. The van der Waals surface area contributed by atoms with Gasteiger partial charge in [0.2, 0.25) is 11.8 Å². The van der Waals surface area contributed by atoms with Crippen molar-refractivity contribution in [3.8, 4) is 0 Å². The molecule has 0 spiro atoms. The van der Waals surface area contributed by atoms with E-state index in [0.29, 0.717) is 0 Å². The molecule has 2 fully saturated rings. The van der Waals surface area contributed by atoms with Crippen molar-refractivity contribution in [3.63, 3.8) is 0 Å². The van der Waals surface area contributed by atoms with Gasteiger partial charge in [0.15, 0.2) is 0 Å². The van der Waals surface area contributed by atoms with Crippen molar-refractivity contribution in [2.24, 2.45) is 0 Å². The highest BCUT2D eigenvalue weighted by Gasteiger charge is 2.37. The SMILES string of the molecule is COC1CCC(N2CC(=O)NC(C)C2=O)C1. The summed E-state index contributed by atoms with van der Waals surface area (Å²) in [6.45, 7) is 1.93. The van der Waals surface area contributed by atoms with E-state index in [4.69, 9.17) is 4.74 Å². The summed E-state index contributed by atoms with van der Waals surface area (Å²) < 4.78 is 5.28. The summed E-state index contributed by atoms with van der Waals surface area (Å²) in [6, 6.07) is -0.214. The van der Waals surface area contributed by atoms with Crippen LogP contribution in [-0.2, 0) is 14.3 Å². The lowest BCUT2D eigenvalue weighted by atomic mass is 10.1. The number of rotatable bonds is 2. The number of hydrogen-bond donors (Lipinski definition) is 1. The lowest BCUT2D eigenvalue weighted by Gasteiger charge is -2.35. The zero-order chi connectivity index (χ0) is 11.7. The van der Waals surface area contributed by atoms with Crippen molar-refractivity contribution < 1.29 is 14.3 Å². The van der Waals surface area contributed by atoms with E-state index in [-0.39, 0.29) is 36.5 Å². The number of nitrogens with zero attached hydrogens (tertiary/aromatic N) is 1. The maximum Gasteiger partial charge on any atom is 0.245 e. The standard InChI is InChI=1S/C11H18N2O3/c1-7-11(15)13(6-10(14)12-7)8-3-4-9(5-8)16-2/h7-9H,3-6H2,1-2H3,(H,12,14). The summed E-state index contributed by atoms with van der Waals surface area (Å²) in [5, 5.41) is 2.65. The van der Waals surface area contributed by atoms with Crippen LogP contribution in [0.3, 0.4) is 0 Å². The first kappa shape index (κ1) is 11.4. The van der Waals surface area contributed by atoms with E-state index in [2.05, 4.69) is 5.32 Å². The molecule has 1 saturated heterocycles. The summed E-state index contributed by atoms with van der Waals surface area (Å²) in [5.41, 5.74) is 0. The monoisotopic (exact) mass is 226 g/mol. The van der Waals surface area contributed by atoms with Gasteiger partial charge in [0.1, 0.15) is 6.04 Å². The minimum atomic E-state index is -0.386. The number of methoxy groups -OCH3 is 1. The van der Waals surface area contributed by atoms with E-state index in [0.717, 1.165) is 19.3 Å². The molecule has 2 rings (SSSR count). The minimum Gasteiger partial charge on any atom is -0.381 e. The predicted octanol–water partition coefficient (Wildman–Crippen LogP) is -0.0992. The Balaban J connectivity index is 2.03. The second-order valence-corrected chi connectivity index (χ2v) is 4.58. The largest absolute Gasteiger partial charge is 0.381 e. The number of carbonyl (C=O) groups is 2. The Morgan fingerprint density at radius 3 is 2.75 bits per heavy atom. The van der Waals surface area contributed by atoms with Crippen LogP contribution in [0.4, 0.5) is 0 Å². The van der Waals surface area contributed by atoms with Crippen LogP contribution in [0.15, 0.2) is 0 Å². The Bertz CT molecular complexity index is 306. The van der Waals surface area contributed by atoms with E-state index >= 15 is 0 Å². The number of ether oxygens (including phenoxy) is 1. The molecular weight excluding hydrogens is 208 g/mol. The van der Waals surface area contributed by atoms with Crippen molar-refractivity contribution in [2.45, 2.75) is 44.4 Å². The van der Waals surface area contributed by atoms with E-state index in [1.165, 1.54) is 0 Å². The highest BCUT2D eigenvalue weighted by atomic mass is 16.5. The highest BCUT2D eigenvalue weighted by Crippen LogP contribution is 2.27. The van der Waals surface area contributed by atoms with Crippen LogP contribution >= 0.6 is 0 Å². The molecule has 2 aliphatic rings. The fourth-order valence-electron chi connectivity index (χ4n) is 2.55. The lowest BCUT2D eigenvalue weighted by molar-refractivity contribution is -0.146. The van der Waals surface area contributed by atoms with Gasteiger partial charge in [0.05, 0.1) is 12.6 Å². The molecule has 5 nitrogen and oxygen atoms in total. The van der Waals surface area contributed by atoms with Gasteiger partial charge in [-0.1, -0.05) is 0 Å². The van der Waals surface area contributed by atoms with E-state index in [9.17, 15) is 9.59 Å².